The van der Waals surface area contributed by atoms with Crippen LogP contribution in [0.4, 0.5) is 0 Å². The molecule has 3 rings (SSSR count). The Kier molecular flexibility index (Phi) is 3.76. The summed E-state index contributed by atoms with van der Waals surface area (Å²) in [5, 5.41) is 10.2. The predicted octanol–water partition coefficient (Wildman–Crippen LogP) is 2.72. The molecule has 2 aromatic carbocycles. The van der Waals surface area contributed by atoms with Gasteiger partial charge in [-0.3, -0.25) is 0 Å². The smallest absolute Gasteiger partial charge is 0.268 e. The van der Waals surface area contributed by atoms with Crippen molar-refractivity contribution < 1.29 is 13.5 Å². The van der Waals surface area contributed by atoms with E-state index < -0.39 is 10.0 Å². The zero-order chi connectivity index (χ0) is 15.7. The number of hydrogen-bond acceptors (Lipinski definition) is 3. The van der Waals surface area contributed by atoms with E-state index in [-0.39, 0.29) is 11.5 Å². The van der Waals surface area contributed by atoms with Gasteiger partial charge in [-0.05, 0) is 30.7 Å². The molecule has 0 aliphatic carbocycles. The van der Waals surface area contributed by atoms with Crippen molar-refractivity contribution in [2.24, 2.45) is 0 Å². The van der Waals surface area contributed by atoms with Crippen LogP contribution in [0.3, 0.4) is 0 Å². The first-order valence-corrected chi connectivity index (χ1v) is 8.52. The summed E-state index contributed by atoms with van der Waals surface area (Å²) in [6.07, 6.45) is 0.298. The summed E-state index contributed by atoms with van der Waals surface area (Å²) in [5.41, 5.74) is 2.17. The molecule has 22 heavy (non-hydrogen) atoms. The molecule has 1 heterocycles. The van der Waals surface area contributed by atoms with Crippen molar-refractivity contribution in [2.45, 2.75) is 18.2 Å². The molecule has 0 radical (unpaired) electrons. The molecule has 0 bridgehead atoms. The third kappa shape index (κ3) is 2.23. The molecule has 0 spiro atoms. The zero-order valence-corrected chi connectivity index (χ0v) is 13.0. The number of aryl methyl sites for hydroxylation is 1. The quantitative estimate of drug-likeness (QED) is 0.805. The lowest BCUT2D eigenvalue weighted by molar-refractivity contribution is 0.298. The second-order valence-electron chi connectivity index (χ2n) is 5.14. The van der Waals surface area contributed by atoms with Gasteiger partial charge >= 0.3 is 0 Å². The van der Waals surface area contributed by atoms with Gasteiger partial charge in [-0.2, -0.15) is 0 Å². The van der Waals surface area contributed by atoms with Crippen LogP contribution >= 0.6 is 0 Å². The Labute approximate surface area is 129 Å². The fraction of sp³-hybridized carbons (Fsp3) is 0.176. The maximum absolute atomic E-state index is 13.0. The van der Waals surface area contributed by atoms with Crippen molar-refractivity contribution in [1.82, 2.24) is 3.97 Å². The van der Waals surface area contributed by atoms with Crippen molar-refractivity contribution in [1.29, 1.82) is 0 Å². The highest BCUT2D eigenvalue weighted by molar-refractivity contribution is 7.90. The summed E-state index contributed by atoms with van der Waals surface area (Å²) in [6.45, 7) is 1.80. The number of benzene rings is 2. The van der Waals surface area contributed by atoms with E-state index in [4.69, 9.17) is 0 Å². The topological polar surface area (TPSA) is 59.3 Å². The Balaban J connectivity index is 2.37. The number of nitrogens with zero attached hydrogens (tertiary/aromatic N) is 1. The summed E-state index contributed by atoms with van der Waals surface area (Å²) in [6, 6.07) is 15.8. The Morgan fingerprint density at radius 2 is 1.64 bits per heavy atom. The van der Waals surface area contributed by atoms with Gasteiger partial charge in [0.1, 0.15) is 0 Å². The standard InChI is InChI=1S/C17H17NO3S/c1-13-15-9-5-6-10-17(15)18(16(13)11-12-19)22(20,21)14-7-3-2-4-8-14/h2-10,19H,11-12H2,1H3. The van der Waals surface area contributed by atoms with Crippen LogP contribution in [-0.2, 0) is 16.4 Å². The lowest BCUT2D eigenvalue weighted by Gasteiger charge is -2.12. The fourth-order valence-corrected chi connectivity index (χ4v) is 4.44. The first kappa shape index (κ1) is 14.8. The highest BCUT2D eigenvalue weighted by Gasteiger charge is 2.24. The minimum atomic E-state index is -3.69. The third-order valence-corrected chi connectivity index (χ3v) is 5.60. The van der Waals surface area contributed by atoms with E-state index in [0.29, 0.717) is 17.6 Å². The van der Waals surface area contributed by atoms with Crippen LogP contribution in [0.25, 0.3) is 10.9 Å². The van der Waals surface area contributed by atoms with Crippen molar-refractivity contribution in [3.05, 3.63) is 65.9 Å². The first-order chi connectivity index (χ1) is 10.6. The van der Waals surface area contributed by atoms with Crippen molar-refractivity contribution in [2.75, 3.05) is 6.61 Å². The highest BCUT2D eigenvalue weighted by atomic mass is 32.2. The summed E-state index contributed by atoms with van der Waals surface area (Å²) in [5.74, 6) is 0. The van der Waals surface area contributed by atoms with Gasteiger partial charge in [0.25, 0.3) is 10.0 Å². The number of aliphatic hydroxyl groups is 1. The van der Waals surface area contributed by atoms with Crippen molar-refractivity contribution in [3.63, 3.8) is 0 Å². The maximum atomic E-state index is 13.0. The summed E-state index contributed by atoms with van der Waals surface area (Å²) < 4.78 is 27.4. The molecule has 0 saturated carbocycles. The summed E-state index contributed by atoms with van der Waals surface area (Å²) >= 11 is 0. The van der Waals surface area contributed by atoms with E-state index in [1.54, 1.807) is 36.4 Å². The SMILES string of the molecule is Cc1c(CCO)n(S(=O)(=O)c2ccccc2)c2ccccc12. The lowest BCUT2D eigenvalue weighted by atomic mass is 10.1. The molecule has 5 heteroatoms. The molecule has 3 aromatic rings. The Morgan fingerprint density at radius 1 is 1.00 bits per heavy atom. The molecule has 0 fully saturated rings. The molecule has 1 aromatic heterocycles. The number of aromatic nitrogens is 1. The molecule has 0 saturated heterocycles. The number of aliphatic hydroxyl groups excluding tert-OH is 1. The number of para-hydroxylation sites is 1. The molecule has 0 atom stereocenters. The van der Waals surface area contributed by atoms with Gasteiger partial charge in [-0.1, -0.05) is 36.4 Å². The van der Waals surface area contributed by atoms with E-state index in [1.807, 2.05) is 25.1 Å². The molecule has 0 amide bonds. The van der Waals surface area contributed by atoms with E-state index in [9.17, 15) is 13.5 Å². The molecule has 114 valence electrons. The van der Waals surface area contributed by atoms with E-state index in [0.717, 1.165) is 10.9 Å². The van der Waals surface area contributed by atoms with Crippen LogP contribution in [0, 0.1) is 6.92 Å². The molecule has 1 N–H and O–H groups in total. The molecular formula is C17H17NO3S. The minimum Gasteiger partial charge on any atom is -0.396 e. The number of fused-ring (bicyclic) bond motifs is 1. The normalized spacial score (nSPS) is 11.9. The summed E-state index contributed by atoms with van der Waals surface area (Å²) in [4.78, 5) is 0.245. The van der Waals surface area contributed by atoms with Crippen LogP contribution in [0.15, 0.2) is 59.5 Å². The van der Waals surface area contributed by atoms with Crippen molar-refractivity contribution >= 4 is 20.9 Å². The van der Waals surface area contributed by atoms with E-state index >= 15 is 0 Å². The predicted molar refractivity (Wildman–Crippen MR) is 86.5 cm³/mol. The van der Waals surface area contributed by atoms with Gasteiger partial charge in [0.15, 0.2) is 0 Å². The van der Waals surface area contributed by atoms with E-state index in [2.05, 4.69) is 0 Å². The third-order valence-electron chi connectivity index (χ3n) is 3.83. The largest absolute Gasteiger partial charge is 0.396 e. The Hall–Kier alpha value is -2.11. The fourth-order valence-electron chi connectivity index (χ4n) is 2.79. The maximum Gasteiger partial charge on any atom is 0.268 e. The van der Waals surface area contributed by atoms with Crippen LogP contribution in [0.2, 0.25) is 0 Å². The van der Waals surface area contributed by atoms with Crippen molar-refractivity contribution in [3.8, 4) is 0 Å². The molecule has 0 unspecified atom stereocenters. The first-order valence-electron chi connectivity index (χ1n) is 7.08. The van der Waals surface area contributed by atoms with Gasteiger partial charge < -0.3 is 5.11 Å². The second-order valence-corrected chi connectivity index (χ2v) is 6.93. The van der Waals surface area contributed by atoms with Gasteiger partial charge in [-0.25, -0.2) is 12.4 Å². The van der Waals surface area contributed by atoms with Gasteiger partial charge in [0.05, 0.1) is 10.4 Å². The van der Waals surface area contributed by atoms with Crippen LogP contribution < -0.4 is 0 Å². The molecule has 0 aliphatic rings. The lowest BCUT2D eigenvalue weighted by Crippen LogP contribution is -2.16. The molecule has 4 nitrogen and oxygen atoms in total. The average Bonchev–Trinajstić information content (AvgIpc) is 2.82. The average molecular weight is 315 g/mol. The van der Waals surface area contributed by atoms with Crippen LogP contribution in [0.1, 0.15) is 11.3 Å². The van der Waals surface area contributed by atoms with Crippen LogP contribution in [0.5, 0.6) is 0 Å². The Bertz CT molecular complexity index is 912. The zero-order valence-electron chi connectivity index (χ0n) is 12.2. The molecule has 0 aliphatic heterocycles. The van der Waals surface area contributed by atoms with Gasteiger partial charge in [-0.15, -0.1) is 0 Å². The number of hydrogen-bond donors (Lipinski definition) is 1. The monoisotopic (exact) mass is 315 g/mol. The van der Waals surface area contributed by atoms with Gasteiger partial charge in [0.2, 0.25) is 0 Å². The Morgan fingerprint density at radius 3 is 2.32 bits per heavy atom. The number of rotatable bonds is 4. The molecular weight excluding hydrogens is 298 g/mol. The second kappa shape index (κ2) is 5.59. The summed E-state index contributed by atoms with van der Waals surface area (Å²) in [7, 11) is -3.69. The minimum absolute atomic E-state index is 0.0958. The van der Waals surface area contributed by atoms with Crippen LogP contribution in [-0.4, -0.2) is 24.1 Å². The van der Waals surface area contributed by atoms with Gasteiger partial charge in [0, 0.05) is 24.1 Å². The van der Waals surface area contributed by atoms with E-state index in [1.165, 1.54) is 3.97 Å². The highest BCUT2D eigenvalue weighted by Crippen LogP contribution is 2.30.